The molecule has 0 saturated carbocycles. The molecule has 0 spiro atoms. The first kappa shape index (κ1) is 36.9. The fourth-order valence-electron chi connectivity index (χ4n) is 5.48. The van der Waals surface area contributed by atoms with Crippen LogP contribution in [0.5, 0.6) is 23.0 Å². The number of para-hydroxylation sites is 1. The van der Waals surface area contributed by atoms with Gasteiger partial charge in [-0.2, -0.15) is 20.0 Å². The summed E-state index contributed by atoms with van der Waals surface area (Å²) in [7, 11) is 2.74. The summed E-state index contributed by atoms with van der Waals surface area (Å²) in [5.41, 5.74) is 3.49. The maximum Gasteiger partial charge on any atom is 0.297 e. The smallest absolute Gasteiger partial charge is 0.297 e. The molecule has 57 heavy (non-hydrogen) atoms. The van der Waals surface area contributed by atoms with Gasteiger partial charge in [0, 0.05) is 5.56 Å². The molecular formula is C39H30N10O8. The molecule has 284 valence electrons. The zero-order valence-electron chi connectivity index (χ0n) is 30.0. The first-order valence-electron chi connectivity index (χ1n) is 16.9. The lowest BCUT2D eigenvalue weighted by Crippen LogP contribution is -2.38. The summed E-state index contributed by atoms with van der Waals surface area (Å²) in [6.07, 6.45) is 1.61. The van der Waals surface area contributed by atoms with E-state index in [-0.39, 0.29) is 63.6 Å². The van der Waals surface area contributed by atoms with Crippen LogP contribution in [0, 0.1) is 20.2 Å². The number of amides is 1. The van der Waals surface area contributed by atoms with Crippen molar-refractivity contribution in [2.24, 2.45) is 4.99 Å². The quantitative estimate of drug-likeness (QED) is 0.0551. The highest BCUT2D eigenvalue weighted by molar-refractivity contribution is 6.20. The number of carbonyl (C=O) groups is 1. The minimum absolute atomic E-state index is 0.00600. The second-order valence-corrected chi connectivity index (χ2v) is 11.9. The zero-order chi connectivity index (χ0) is 39.9. The third-order valence-corrected chi connectivity index (χ3v) is 8.20. The normalized spacial score (nSPS) is 12.8. The van der Waals surface area contributed by atoms with Crippen LogP contribution in [-0.4, -0.2) is 55.8 Å². The van der Waals surface area contributed by atoms with Crippen molar-refractivity contribution >= 4 is 58.4 Å². The topological polar surface area (TPSA) is 221 Å². The summed E-state index contributed by atoms with van der Waals surface area (Å²) in [5, 5.41) is 30.8. The fraction of sp³-hybridized carbons (Fsp3) is 0.0513. The molecule has 7 rings (SSSR count). The number of nitrogens with one attached hydrogen (secondary N) is 3. The van der Waals surface area contributed by atoms with E-state index in [0.717, 1.165) is 5.01 Å². The number of nitro benzene ring substituents is 2. The van der Waals surface area contributed by atoms with E-state index < -0.39 is 15.8 Å². The Labute approximate surface area is 323 Å². The van der Waals surface area contributed by atoms with Gasteiger partial charge in [-0.1, -0.05) is 60.7 Å². The third-order valence-electron chi connectivity index (χ3n) is 8.20. The van der Waals surface area contributed by atoms with Gasteiger partial charge >= 0.3 is 0 Å². The Morgan fingerprint density at radius 2 is 1.12 bits per heavy atom. The Kier molecular flexibility index (Phi) is 10.6. The number of ether oxygens (including phenoxy) is 3. The number of hydrogen-bond acceptors (Lipinski definition) is 15. The SMILES string of the molecule is COc1ccc(Nc2nc(Nc3ccc(OC)cc3[N+](=O)[O-])nc(NN3C(=O)C(=Cc4ccc(Oc5ccccc5)cc4)N=C3c3ccccc3)n2)c([N+](=O)[O-])c1. The first-order valence-corrected chi connectivity index (χ1v) is 16.9. The van der Waals surface area contributed by atoms with E-state index >= 15 is 0 Å². The number of aromatic nitrogens is 3. The highest BCUT2D eigenvalue weighted by atomic mass is 16.6. The van der Waals surface area contributed by atoms with E-state index in [1.165, 1.54) is 50.6 Å². The number of carbonyl (C=O) groups excluding carboxylic acids is 1. The molecule has 1 aromatic heterocycles. The molecule has 0 unspecified atom stereocenters. The van der Waals surface area contributed by atoms with Crippen molar-refractivity contribution in [2.45, 2.75) is 0 Å². The number of aliphatic imine (C=N–C) groups is 1. The molecule has 0 radical (unpaired) electrons. The standard InChI is InChI=1S/C39H30N10O8/c1-55-28-17-19-30(33(22-28)48(51)52)41-37-43-38(42-31-20-18-29(56-2)23-34(31)49(53)54)45-39(44-37)46-47-35(25-9-5-3-6-10-25)40-32(36(47)50)21-24-13-15-27(16-14-24)57-26-11-7-4-8-12-26/h3-23H,1-2H3,(H3,41,42,43,44,45,46). The largest absolute Gasteiger partial charge is 0.496 e. The number of anilines is 5. The number of hydrazine groups is 1. The minimum Gasteiger partial charge on any atom is -0.496 e. The summed E-state index contributed by atoms with van der Waals surface area (Å²) in [6, 6.07) is 33.5. The predicted molar refractivity (Wildman–Crippen MR) is 210 cm³/mol. The molecule has 0 aliphatic carbocycles. The van der Waals surface area contributed by atoms with Crippen LogP contribution in [0.1, 0.15) is 11.1 Å². The second kappa shape index (κ2) is 16.3. The molecule has 18 heteroatoms. The van der Waals surface area contributed by atoms with Gasteiger partial charge in [0.2, 0.25) is 17.8 Å². The summed E-state index contributed by atoms with van der Waals surface area (Å²) >= 11 is 0. The molecule has 1 aliphatic rings. The maximum absolute atomic E-state index is 14.1. The zero-order valence-corrected chi connectivity index (χ0v) is 30.0. The maximum atomic E-state index is 14.1. The number of nitro groups is 2. The van der Waals surface area contributed by atoms with Crippen LogP contribution >= 0.6 is 0 Å². The average molecular weight is 767 g/mol. The van der Waals surface area contributed by atoms with Gasteiger partial charge in [0.15, 0.2) is 5.84 Å². The average Bonchev–Trinajstić information content (AvgIpc) is 3.52. The highest BCUT2D eigenvalue weighted by Crippen LogP contribution is 2.34. The molecule has 18 nitrogen and oxygen atoms in total. The molecule has 0 saturated heterocycles. The number of benzene rings is 5. The van der Waals surface area contributed by atoms with E-state index in [9.17, 15) is 25.0 Å². The molecule has 0 fully saturated rings. The number of hydrogen-bond donors (Lipinski definition) is 3. The Morgan fingerprint density at radius 3 is 1.65 bits per heavy atom. The van der Waals surface area contributed by atoms with Crippen molar-refractivity contribution in [3.05, 3.63) is 158 Å². The van der Waals surface area contributed by atoms with Crippen molar-refractivity contribution in [2.75, 3.05) is 30.3 Å². The monoisotopic (exact) mass is 766 g/mol. The lowest BCUT2D eigenvalue weighted by Gasteiger charge is -2.20. The Hall–Kier alpha value is -8.41. The van der Waals surface area contributed by atoms with Crippen LogP contribution < -0.4 is 30.3 Å². The molecule has 2 heterocycles. The molecule has 0 atom stereocenters. The van der Waals surface area contributed by atoms with Crippen molar-refractivity contribution in [1.82, 2.24) is 20.0 Å². The van der Waals surface area contributed by atoms with Gasteiger partial charge in [0.25, 0.3) is 17.3 Å². The van der Waals surface area contributed by atoms with Crippen molar-refractivity contribution in [1.29, 1.82) is 0 Å². The predicted octanol–water partition coefficient (Wildman–Crippen LogP) is 7.64. The lowest BCUT2D eigenvalue weighted by atomic mass is 10.2. The van der Waals surface area contributed by atoms with Gasteiger partial charge in [0.05, 0.1) is 36.2 Å². The van der Waals surface area contributed by atoms with Crippen molar-refractivity contribution in [3.63, 3.8) is 0 Å². The van der Waals surface area contributed by atoms with E-state index in [0.29, 0.717) is 22.6 Å². The third kappa shape index (κ3) is 8.54. The fourth-order valence-corrected chi connectivity index (χ4v) is 5.48. The molecule has 1 amide bonds. The van der Waals surface area contributed by atoms with Crippen molar-refractivity contribution < 1.29 is 28.9 Å². The van der Waals surface area contributed by atoms with Crippen LogP contribution in [0.15, 0.2) is 132 Å². The second-order valence-electron chi connectivity index (χ2n) is 11.9. The summed E-state index contributed by atoms with van der Waals surface area (Å²) < 4.78 is 16.2. The van der Waals surface area contributed by atoms with Crippen LogP contribution in [0.2, 0.25) is 0 Å². The lowest BCUT2D eigenvalue weighted by molar-refractivity contribution is -0.384. The van der Waals surface area contributed by atoms with Gasteiger partial charge in [-0.25, -0.2) is 4.99 Å². The number of rotatable bonds is 14. The molecule has 6 aromatic rings. The first-order chi connectivity index (χ1) is 27.7. The Morgan fingerprint density at radius 1 is 0.632 bits per heavy atom. The van der Waals surface area contributed by atoms with Crippen LogP contribution in [-0.2, 0) is 4.79 Å². The van der Waals surface area contributed by atoms with Crippen LogP contribution in [0.4, 0.5) is 40.6 Å². The van der Waals surface area contributed by atoms with Gasteiger partial charge in [0.1, 0.15) is 40.1 Å². The molecule has 1 aliphatic heterocycles. The van der Waals surface area contributed by atoms with Crippen molar-refractivity contribution in [3.8, 4) is 23.0 Å². The Balaban J connectivity index is 1.25. The number of amidine groups is 1. The summed E-state index contributed by atoms with van der Waals surface area (Å²) in [4.78, 5) is 54.6. The van der Waals surface area contributed by atoms with Gasteiger partial charge in [-0.05, 0) is 60.2 Å². The highest BCUT2D eigenvalue weighted by Gasteiger charge is 2.33. The molecule has 5 aromatic carbocycles. The summed E-state index contributed by atoms with van der Waals surface area (Å²) in [6.45, 7) is 0. The molecular weight excluding hydrogens is 736 g/mol. The molecule has 0 bridgehead atoms. The minimum atomic E-state index is -0.617. The van der Waals surface area contributed by atoms with Crippen LogP contribution in [0.3, 0.4) is 0 Å². The number of methoxy groups -OCH3 is 2. The van der Waals surface area contributed by atoms with E-state index in [2.05, 4.69) is 36.0 Å². The van der Waals surface area contributed by atoms with Gasteiger partial charge in [-0.15, -0.1) is 0 Å². The van der Waals surface area contributed by atoms with Crippen LogP contribution in [0.25, 0.3) is 6.08 Å². The van der Waals surface area contributed by atoms with E-state index in [4.69, 9.17) is 14.2 Å². The Bertz CT molecular complexity index is 2450. The van der Waals surface area contributed by atoms with Gasteiger partial charge in [-0.3, -0.25) is 30.4 Å². The molecule has 3 N–H and O–H groups in total. The number of nitrogens with zero attached hydrogens (tertiary/aromatic N) is 7. The summed E-state index contributed by atoms with van der Waals surface area (Å²) in [5.74, 6) is 0.699. The van der Waals surface area contributed by atoms with Gasteiger partial charge < -0.3 is 24.8 Å². The van der Waals surface area contributed by atoms with E-state index in [1.54, 1.807) is 54.6 Å². The van der Waals surface area contributed by atoms with E-state index in [1.807, 2.05) is 36.4 Å².